The van der Waals surface area contributed by atoms with E-state index in [1.165, 1.54) is 24.3 Å². The van der Waals surface area contributed by atoms with Crippen molar-refractivity contribution < 1.29 is 23.5 Å². The van der Waals surface area contributed by atoms with Crippen molar-refractivity contribution >= 4 is 34.0 Å². The van der Waals surface area contributed by atoms with Crippen molar-refractivity contribution in [3.8, 4) is 5.75 Å². The van der Waals surface area contributed by atoms with Crippen LogP contribution < -0.4 is 5.32 Å². The molecule has 0 fully saturated rings. The van der Waals surface area contributed by atoms with Crippen molar-refractivity contribution in [2.45, 2.75) is 11.8 Å². The van der Waals surface area contributed by atoms with Crippen LogP contribution in [0.2, 0.25) is 0 Å². The maximum absolute atomic E-state index is 13.1. The fourth-order valence-corrected chi connectivity index (χ4v) is 3.91. The second kappa shape index (κ2) is 6.70. The Morgan fingerprint density at radius 1 is 0.893 bits per heavy atom. The van der Waals surface area contributed by atoms with Gasteiger partial charge in [-0.05, 0) is 47.8 Å². The van der Waals surface area contributed by atoms with Gasteiger partial charge >= 0.3 is 0 Å². The maximum Gasteiger partial charge on any atom is 0.198 e. The molecule has 7 heteroatoms. The third kappa shape index (κ3) is 2.81. The Morgan fingerprint density at radius 3 is 2.14 bits per heavy atom. The number of phenols is 1. The quantitative estimate of drug-likeness (QED) is 0.408. The molecule has 0 aliphatic heterocycles. The van der Waals surface area contributed by atoms with Crippen molar-refractivity contribution in [2.24, 2.45) is 0 Å². The Hall–Kier alpha value is -3.29. The van der Waals surface area contributed by atoms with Crippen LogP contribution in [0, 0.1) is 6.92 Å². The van der Waals surface area contributed by atoms with E-state index in [-0.39, 0.29) is 44.3 Å². The van der Waals surface area contributed by atoms with Gasteiger partial charge in [0.05, 0.1) is 22.5 Å². The Balaban J connectivity index is 1.90. The average molecular weight is 392 g/mol. The number of rotatable bonds is 3. The van der Waals surface area contributed by atoms with Gasteiger partial charge in [-0.1, -0.05) is 30.3 Å². The van der Waals surface area contributed by atoms with Crippen molar-refractivity contribution in [3.05, 3.63) is 82.4 Å². The number of aromatic hydroxyl groups is 1. The molecule has 2 N–H and O–H groups in total. The molecular weight excluding hydrogens is 378 g/mol. The van der Waals surface area contributed by atoms with Gasteiger partial charge in [0.15, 0.2) is 11.6 Å². The van der Waals surface area contributed by atoms with E-state index >= 15 is 0 Å². The molecule has 0 aromatic heterocycles. The second-order valence-corrected chi connectivity index (χ2v) is 7.35. The van der Waals surface area contributed by atoms with Gasteiger partial charge in [-0.2, -0.15) is 0 Å². The highest BCUT2D eigenvalue weighted by Gasteiger charge is 2.34. The largest absolute Gasteiger partial charge is 0.768 e. The van der Waals surface area contributed by atoms with Gasteiger partial charge in [-0.25, -0.2) is 0 Å². The maximum atomic E-state index is 13.1. The van der Waals surface area contributed by atoms with Crippen molar-refractivity contribution in [1.29, 1.82) is 0 Å². The number of anilines is 2. The number of fused-ring (bicyclic) bond motifs is 2. The minimum Gasteiger partial charge on any atom is -0.768 e. The highest BCUT2D eigenvalue weighted by molar-refractivity contribution is 7.79. The molecule has 140 valence electrons. The van der Waals surface area contributed by atoms with Crippen molar-refractivity contribution in [3.63, 3.8) is 0 Å². The van der Waals surface area contributed by atoms with E-state index in [0.717, 1.165) is 5.56 Å². The van der Waals surface area contributed by atoms with E-state index in [0.29, 0.717) is 0 Å². The molecule has 0 bridgehead atoms. The van der Waals surface area contributed by atoms with Gasteiger partial charge in [-0.3, -0.25) is 13.8 Å². The summed E-state index contributed by atoms with van der Waals surface area (Å²) in [6.07, 6.45) is 0. The molecule has 28 heavy (non-hydrogen) atoms. The molecule has 3 aromatic carbocycles. The van der Waals surface area contributed by atoms with E-state index in [4.69, 9.17) is 0 Å². The first kappa shape index (κ1) is 18.1. The molecule has 0 heterocycles. The molecule has 1 unspecified atom stereocenters. The average Bonchev–Trinajstić information content (AvgIpc) is 2.68. The standard InChI is InChI=1S/C21H15NO5S/c1-11-6-7-14(17(10-11)28(26)27)22-15-8-9-16(23)19-18(15)20(24)12-4-2-3-5-13(12)21(19)25/h2-10,22-23H,1H3,(H,26,27)/p-1. The van der Waals surface area contributed by atoms with Crippen LogP contribution in [0.5, 0.6) is 5.75 Å². The summed E-state index contributed by atoms with van der Waals surface area (Å²) in [5.41, 5.74) is 1.67. The molecule has 0 radical (unpaired) electrons. The van der Waals surface area contributed by atoms with Crippen LogP contribution in [-0.4, -0.2) is 25.4 Å². The number of aryl methyl sites for hydroxylation is 1. The van der Waals surface area contributed by atoms with Crippen LogP contribution >= 0.6 is 0 Å². The first-order valence-corrected chi connectivity index (χ1v) is 9.47. The summed E-state index contributed by atoms with van der Waals surface area (Å²) in [5, 5.41) is 13.2. The number of hydrogen-bond donors (Lipinski definition) is 2. The van der Waals surface area contributed by atoms with Gasteiger partial charge in [0.25, 0.3) is 0 Å². The number of carbonyl (C=O) groups is 2. The SMILES string of the molecule is Cc1ccc(Nc2ccc(O)c3c2C(=O)c2ccccc2C3=O)c(S(=O)[O-])c1. The number of ketones is 2. The Morgan fingerprint density at radius 2 is 1.50 bits per heavy atom. The van der Waals surface area contributed by atoms with Crippen LogP contribution in [0.1, 0.15) is 37.4 Å². The summed E-state index contributed by atoms with van der Waals surface area (Å²) < 4.78 is 23.2. The Labute approximate surface area is 163 Å². The molecule has 4 rings (SSSR count). The van der Waals surface area contributed by atoms with Crippen molar-refractivity contribution in [1.82, 2.24) is 0 Å². The minimum absolute atomic E-state index is 0.0203. The predicted octanol–water partition coefficient (Wildman–Crippen LogP) is 3.46. The normalized spacial score (nSPS) is 13.6. The van der Waals surface area contributed by atoms with Gasteiger partial charge in [-0.15, -0.1) is 0 Å². The van der Waals surface area contributed by atoms with Crippen LogP contribution in [0.15, 0.2) is 59.5 Å². The van der Waals surface area contributed by atoms with E-state index < -0.39 is 22.6 Å². The molecular formula is C21H14NO5S-. The highest BCUT2D eigenvalue weighted by atomic mass is 32.2. The van der Waals surface area contributed by atoms with Gasteiger partial charge < -0.3 is 15.0 Å². The first-order valence-electron chi connectivity index (χ1n) is 8.40. The molecule has 1 aliphatic rings. The molecule has 3 aromatic rings. The van der Waals surface area contributed by atoms with Crippen molar-refractivity contribution in [2.75, 3.05) is 5.32 Å². The summed E-state index contributed by atoms with van der Waals surface area (Å²) in [6.45, 7) is 1.77. The van der Waals surface area contributed by atoms with Crippen LogP contribution in [0.3, 0.4) is 0 Å². The number of carbonyl (C=O) groups excluding carboxylic acids is 2. The smallest absolute Gasteiger partial charge is 0.198 e. The molecule has 0 spiro atoms. The summed E-state index contributed by atoms with van der Waals surface area (Å²) >= 11 is -2.50. The lowest BCUT2D eigenvalue weighted by Gasteiger charge is -2.22. The predicted molar refractivity (Wildman–Crippen MR) is 103 cm³/mol. The minimum atomic E-state index is -2.50. The van der Waals surface area contributed by atoms with Gasteiger partial charge in [0.2, 0.25) is 0 Å². The van der Waals surface area contributed by atoms with E-state index in [2.05, 4.69) is 5.32 Å². The fraction of sp³-hybridized carbons (Fsp3) is 0.0476. The lowest BCUT2D eigenvalue weighted by atomic mass is 9.82. The molecule has 6 nitrogen and oxygen atoms in total. The zero-order valence-electron chi connectivity index (χ0n) is 14.7. The lowest BCUT2D eigenvalue weighted by molar-refractivity contribution is 0.0977. The molecule has 1 atom stereocenters. The number of benzene rings is 3. The van der Waals surface area contributed by atoms with Crippen LogP contribution in [-0.2, 0) is 11.1 Å². The molecule has 0 saturated carbocycles. The third-order valence-corrected chi connectivity index (χ3v) is 5.34. The second-order valence-electron chi connectivity index (χ2n) is 6.45. The van der Waals surface area contributed by atoms with E-state index in [1.807, 2.05) is 0 Å². The topological polar surface area (TPSA) is 107 Å². The van der Waals surface area contributed by atoms with Gasteiger partial charge in [0.1, 0.15) is 5.75 Å². The summed E-state index contributed by atoms with van der Waals surface area (Å²) in [6, 6.07) is 14.0. The highest BCUT2D eigenvalue weighted by Crippen LogP contribution is 2.38. The first-order chi connectivity index (χ1) is 13.4. The Bertz CT molecular complexity index is 1190. The summed E-state index contributed by atoms with van der Waals surface area (Å²) in [5.74, 6) is -1.17. The zero-order valence-corrected chi connectivity index (χ0v) is 15.5. The number of nitrogens with one attached hydrogen (secondary N) is 1. The fourth-order valence-electron chi connectivity index (χ4n) is 3.33. The number of hydrogen-bond acceptors (Lipinski definition) is 6. The van der Waals surface area contributed by atoms with E-state index in [1.54, 1.807) is 37.3 Å². The lowest BCUT2D eigenvalue weighted by Crippen LogP contribution is -2.22. The zero-order chi connectivity index (χ0) is 20.0. The third-order valence-electron chi connectivity index (χ3n) is 4.64. The van der Waals surface area contributed by atoms with Gasteiger partial charge in [0, 0.05) is 16.0 Å². The summed E-state index contributed by atoms with van der Waals surface area (Å²) in [7, 11) is 0. The van der Waals surface area contributed by atoms with Crippen LogP contribution in [0.4, 0.5) is 11.4 Å². The van der Waals surface area contributed by atoms with Crippen LogP contribution in [0.25, 0.3) is 0 Å². The number of phenolic OH excluding ortho intramolecular Hbond substituents is 1. The Kier molecular flexibility index (Phi) is 4.33. The monoisotopic (exact) mass is 392 g/mol. The molecule has 0 amide bonds. The summed E-state index contributed by atoms with van der Waals surface area (Å²) in [4.78, 5) is 26.0. The molecule has 1 aliphatic carbocycles. The van der Waals surface area contributed by atoms with E-state index in [9.17, 15) is 23.5 Å². The molecule has 0 saturated heterocycles.